The number of aryl methyl sites for hydroxylation is 3. The van der Waals surface area contributed by atoms with Crippen molar-refractivity contribution >= 4 is 16.5 Å². The molecule has 1 nitrogen and oxygen atoms in total. The number of nitrogens with one attached hydrogen (secondary N) is 1. The molecule has 1 aliphatic rings. The van der Waals surface area contributed by atoms with Crippen LogP contribution in [-0.2, 0) is 6.54 Å². The molecular formula is C29H33N. The van der Waals surface area contributed by atoms with Crippen molar-refractivity contribution in [2.24, 2.45) is 0 Å². The molecule has 3 aromatic rings. The van der Waals surface area contributed by atoms with Gasteiger partial charge in [0.1, 0.15) is 0 Å². The zero-order valence-electron chi connectivity index (χ0n) is 19.4. The molecule has 0 aliphatic heterocycles. The molecule has 0 unspecified atom stereocenters. The van der Waals surface area contributed by atoms with Crippen LogP contribution in [0.15, 0.2) is 70.8 Å². The van der Waals surface area contributed by atoms with E-state index in [0.717, 1.165) is 6.54 Å². The van der Waals surface area contributed by atoms with E-state index in [9.17, 15) is 0 Å². The summed E-state index contributed by atoms with van der Waals surface area (Å²) in [6.45, 7) is 16.6. The predicted octanol–water partition coefficient (Wildman–Crippen LogP) is 8.15. The Labute approximate surface area is 181 Å². The van der Waals surface area contributed by atoms with E-state index in [1.165, 1.54) is 66.6 Å². The van der Waals surface area contributed by atoms with E-state index in [1.807, 2.05) is 0 Å². The van der Waals surface area contributed by atoms with Crippen LogP contribution in [0.3, 0.4) is 0 Å². The van der Waals surface area contributed by atoms with Crippen LogP contribution in [0.2, 0.25) is 0 Å². The van der Waals surface area contributed by atoms with E-state index in [1.54, 1.807) is 0 Å². The summed E-state index contributed by atoms with van der Waals surface area (Å²) in [4.78, 5) is 0. The number of hydrogen-bond acceptors (Lipinski definition) is 1. The van der Waals surface area contributed by atoms with Crippen LogP contribution in [-0.4, -0.2) is 0 Å². The van der Waals surface area contributed by atoms with E-state index in [-0.39, 0.29) is 0 Å². The van der Waals surface area contributed by atoms with Crippen LogP contribution >= 0.6 is 0 Å². The molecule has 1 aliphatic carbocycles. The van der Waals surface area contributed by atoms with Gasteiger partial charge in [0, 0.05) is 18.2 Å². The normalized spacial score (nSPS) is 14.9. The number of benzene rings is 3. The van der Waals surface area contributed by atoms with Crippen molar-refractivity contribution < 1.29 is 0 Å². The zero-order chi connectivity index (χ0) is 21.6. The molecule has 4 rings (SSSR count). The second-order valence-corrected chi connectivity index (χ2v) is 9.03. The number of fused-ring (bicyclic) bond motifs is 1. The van der Waals surface area contributed by atoms with Crippen LogP contribution in [0, 0.1) is 20.8 Å². The Morgan fingerprint density at radius 1 is 0.733 bits per heavy atom. The van der Waals surface area contributed by atoms with Gasteiger partial charge in [0.15, 0.2) is 0 Å². The molecular weight excluding hydrogens is 362 g/mol. The standard InChI is InChI=1S/C29H33N/c1-17-14-18(2)29(19(3)15-17)30-16-27-25-11-9-8-10-24(25)12-13-26(27)28-22(6)20(4)21(5)23(28)7/h8-15,28,30H,16H2,1-7H3. The topological polar surface area (TPSA) is 12.0 Å². The molecule has 0 saturated carbocycles. The maximum Gasteiger partial charge on any atom is 0.0410 e. The minimum absolute atomic E-state index is 0.381. The monoisotopic (exact) mass is 395 g/mol. The van der Waals surface area contributed by atoms with Gasteiger partial charge in [-0.25, -0.2) is 0 Å². The first-order valence-electron chi connectivity index (χ1n) is 11.0. The molecule has 0 fully saturated rings. The second-order valence-electron chi connectivity index (χ2n) is 9.03. The van der Waals surface area contributed by atoms with Gasteiger partial charge in [-0.3, -0.25) is 0 Å². The Morgan fingerprint density at radius 2 is 1.33 bits per heavy atom. The highest BCUT2D eigenvalue weighted by Crippen LogP contribution is 2.45. The Bertz CT molecular complexity index is 1160. The van der Waals surface area contributed by atoms with E-state index >= 15 is 0 Å². The van der Waals surface area contributed by atoms with Gasteiger partial charge < -0.3 is 5.32 Å². The molecule has 1 heteroatoms. The van der Waals surface area contributed by atoms with Gasteiger partial charge in [-0.1, -0.05) is 65.2 Å². The van der Waals surface area contributed by atoms with Crippen molar-refractivity contribution in [3.63, 3.8) is 0 Å². The van der Waals surface area contributed by atoms with Crippen LogP contribution in [0.1, 0.15) is 61.4 Å². The van der Waals surface area contributed by atoms with E-state index in [0.29, 0.717) is 5.92 Å². The molecule has 0 atom stereocenters. The lowest BCUT2D eigenvalue weighted by Crippen LogP contribution is -2.10. The van der Waals surface area contributed by atoms with Gasteiger partial charge in [0.25, 0.3) is 0 Å². The van der Waals surface area contributed by atoms with Gasteiger partial charge in [-0.15, -0.1) is 0 Å². The second kappa shape index (κ2) is 7.80. The Kier molecular flexibility index (Phi) is 5.32. The van der Waals surface area contributed by atoms with Crippen molar-refractivity contribution in [2.45, 2.75) is 60.9 Å². The lowest BCUT2D eigenvalue weighted by Gasteiger charge is -2.23. The van der Waals surface area contributed by atoms with Gasteiger partial charge in [-0.05, 0) is 92.6 Å². The van der Waals surface area contributed by atoms with E-state index < -0.39 is 0 Å². The zero-order valence-corrected chi connectivity index (χ0v) is 19.4. The lowest BCUT2D eigenvalue weighted by atomic mass is 9.84. The molecule has 30 heavy (non-hydrogen) atoms. The summed E-state index contributed by atoms with van der Waals surface area (Å²) in [6, 6.07) is 18.0. The van der Waals surface area contributed by atoms with Gasteiger partial charge in [-0.2, -0.15) is 0 Å². The van der Waals surface area contributed by atoms with Crippen molar-refractivity contribution in [1.29, 1.82) is 0 Å². The SMILES string of the molecule is CC1=C(C)C(c2ccc3ccccc3c2CNc2c(C)cc(C)cc2C)C(C)=C1C. The van der Waals surface area contributed by atoms with E-state index in [4.69, 9.17) is 0 Å². The maximum atomic E-state index is 3.80. The molecule has 0 heterocycles. The van der Waals surface area contributed by atoms with E-state index in [2.05, 4.69) is 102 Å². The summed E-state index contributed by atoms with van der Waals surface area (Å²) in [7, 11) is 0. The fraction of sp³-hybridized carbons (Fsp3) is 0.310. The average Bonchev–Trinajstić information content (AvgIpc) is 2.90. The summed E-state index contributed by atoms with van der Waals surface area (Å²) >= 11 is 0. The van der Waals surface area contributed by atoms with Crippen molar-refractivity contribution in [3.8, 4) is 0 Å². The fourth-order valence-electron chi connectivity index (χ4n) is 5.27. The molecule has 1 N–H and O–H groups in total. The molecule has 0 saturated heterocycles. The Hall–Kier alpha value is -2.80. The predicted molar refractivity (Wildman–Crippen MR) is 131 cm³/mol. The van der Waals surface area contributed by atoms with Crippen LogP contribution < -0.4 is 5.32 Å². The Morgan fingerprint density at radius 3 is 1.97 bits per heavy atom. The molecule has 154 valence electrons. The summed E-state index contributed by atoms with van der Waals surface area (Å²) in [6.07, 6.45) is 0. The minimum Gasteiger partial charge on any atom is -0.381 e. The third kappa shape index (κ3) is 3.37. The van der Waals surface area contributed by atoms with Crippen molar-refractivity contribution in [1.82, 2.24) is 0 Å². The number of hydrogen-bond donors (Lipinski definition) is 1. The van der Waals surface area contributed by atoms with Gasteiger partial charge in [0.05, 0.1) is 0 Å². The van der Waals surface area contributed by atoms with Crippen molar-refractivity contribution in [2.75, 3.05) is 5.32 Å². The summed E-state index contributed by atoms with van der Waals surface area (Å²) in [5.74, 6) is 0.381. The van der Waals surface area contributed by atoms with Crippen LogP contribution in [0.4, 0.5) is 5.69 Å². The van der Waals surface area contributed by atoms with Gasteiger partial charge in [0.2, 0.25) is 0 Å². The number of allylic oxidation sites excluding steroid dienone is 4. The largest absolute Gasteiger partial charge is 0.381 e. The molecule has 0 aromatic heterocycles. The minimum atomic E-state index is 0.381. The van der Waals surface area contributed by atoms with Gasteiger partial charge >= 0.3 is 0 Å². The smallest absolute Gasteiger partial charge is 0.0410 e. The highest BCUT2D eigenvalue weighted by Gasteiger charge is 2.28. The molecule has 0 amide bonds. The highest BCUT2D eigenvalue weighted by atomic mass is 14.9. The quantitative estimate of drug-likeness (QED) is 0.470. The fourth-order valence-corrected chi connectivity index (χ4v) is 5.27. The average molecular weight is 396 g/mol. The Balaban J connectivity index is 1.84. The highest BCUT2D eigenvalue weighted by molar-refractivity contribution is 5.88. The molecule has 0 bridgehead atoms. The molecule has 0 spiro atoms. The number of rotatable bonds is 4. The summed E-state index contributed by atoms with van der Waals surface area (Å²) < 4.78 is 0. The lowest BCUT2D eigenvalue weighted by molar-refractivity contribution is 0.913. The summed E-state index contributed by atoms with van der Waals surface area (Å²) in [5, 5.41) is 6.47. The molecule has 0 radical (unpaired) electrons. The first-order valence-corrected chi connectivity index (χ1v) is 11.0. The van der Waals surface area contributed by atoms with Crippen LogP contribution in [0.25, 0.3) is 10.8 Å². The third-order valence-electron chi connectivity index (χ3n) is 7.12. The first kappa shape index (κ1) is 20.5. The first-order chi connectivity index (χ1) is 14.3. The molecule has 3 aromatic carbocycles. The number of anilines is 1. The summed E-state index contributed by atoms with van der Waals surface area (Å²) in [5.41, 5.74) is 14.0. The van der Waals surface area contributed by atoms with Crippen LogP contribution in [0.5, 0.6) is 0 Å². The third-order valence-corrected chi connectivity index (χ3v) is 7.12. The maximum absolute atomic E-state index is 3.80. The van der Waals surface area contributed by atoms with Crippen molar-refractivity contribution in [3.05, 3.63) is 98.6 Å².